The zero-order valence-corrected chi connectivity index (χ0v) is 41.8. The number of ketones is 1. The van der Waals surface area contributed by atoms with Crippen LogP contribution in [0.5, 0.6) is 0 Å². The maximum absolute atomic E-state index is 15.5. The van der Waals surface area contributed by atoms with Gasteiger partial charge in [0.2, 0.25) is 17.7 Å². The second-order valence-corrected chi connectivity index (χ2v) is 21.8. The van der Waals surface area contributed by atoms with Gasteiger partial charge in [-0.25, -0.2) is 8.78 Å². The van der Waals surface area contributed by atoms with E-state index in [0.29, 0.717) is 80.2 Å². The molecule has 5 amide bonds. The number of Topliss-reactive ketones (excluding diaryl/α,β-unsaturated/α-hetero) is 1. The van der Waals surface area contributed by atoms with Crippen molar-refractivity contribution in [2.24, 2.45) is 11.3 Å². The van der Waals surface area contributed by atoms with Crippen molar-refractivity contribution in [2.75, 3.05) is 49.2 Å². The van der Waals surface area contributed by atoms with Crippen LogP contribution in [0.1, 0.15) is 140 Å². The van der Waals surface area contributed by atoms with E-state index in [4.69, 9.17) is 9.84 Å². The number of hydrogen-bond acceptors (Lipinski definition) is 11. The molecular weight excluding hydrogens is 949 g/mol. The summed E-state index contributed by atoms with van der Waals surface area (Å²) in [6.45, 7) is 6.25. The summed E-state index contributed by atoms with van der Waals surface area (Å²) in [6.07, 6.45) is 12.8. The molecule has 74 heavy (non-hydrogen) atoms. The molecule has 3 aromatic heterocycles. The fraction of sp³-hybridized carbons (Fsp3) is 0.500. The third kappa shape index (κ3) is 8.55. The Hall–Kier alpha value is -6.82. The first-order valence-corrected chi connectivity index (χ1v) is 26.5. The van der Waals surface area contributed by atoms with Gasteiger partial charge in [-0.1, -0.05) is 0 Å². The van der Waals surface area contributed by atoms with Crippen molar-refractivity contribution in [3.63, 3.8) is 0 Å². The number of amides is 5. The minimum Gasteiger partial charge on any atom is -0.381 e. The van der Waals surface area contributed by atoms with Crippen molar-refractivity contribution in [1.82, 2.24) is 34.4 Å². The highest BCUT2D eigenvalue weighted by Gasteiger charge is 2.46. The van der Waals surface area contributed by atoms with Crippen molar-refractivity contribution in [3.8, 4) is 11.1 Å². The van der Waals surface area contributed by atoms with Crippen LogP contribution in [0.25, 0.3) is 22.0 Å². The van der Waals surface area contributed by atoms with Crippen molar-refractivity contribution >= 4 is 63.4 Å². The zero-order valence-electron chi connectivity index (χ0n) is 41.8. The molecule has 1 N–H and O–H groups in total. The van der Waals surface area contributed by atoms with E-state index in [2.05, 4.69) is 24.8 Å². The summed E-state index contributed by atoms with van der Waals surface area (Å²) >= 11 is 0. The summed E-state index contributed by atoms with van der Waals surface area (Å²) < 4.78 is 40.7. The second-order valence-electron chi connectivity index (χ2n) is 21.8. The monoisotopic (exact) mass is 1010 g/mol. The number of aryl methyl sites for hydroxylation is 1. The first kappa shape index (κ1) is 48.1. The van der Waals surface area contributed by atoms with Gasteiger partial charge in [0.05, 0.1) is 35.8 Å². The molecule has 2 unspecified atom stereocenters. The normalized spacial score (nSPS) is 22.0. The minimum atomic E-state index is -2.78. The van der Waals surface area contributed by atoms with E-state index in [1.807, 2.05) is 33.9 Å². The number of hydrogen-bond donors (Lipinski definition) is 1. The van der Waals surface area contributed by atoms with Crippen molar-refractivity contribution in [2.45, 2.75) is 128 Å². The average Bonchev–Trinajstić information content (AvgIpc) is 4.16. The number of pyridine rings is 1. The molecule has 1 spiro atoms. The molecule has 4 fully saturated rings. The Balaban J connectivity index is 0.718. The quantitative estimate of drug-likeness (QED) is 0.127. The summed E-state index contributed by atoms with van der Waals surface area (Å²) in [7, 11) is 0. The topological polar surface area (TPSA) is 172 Å². The highest BCUT2D eigenvalue weighted by atomic mass is 19.3. The van der Waals surface area contributed by atoms with Crippen LogP contribution in [0.4, 0.5) is 26.0 Å². The largest absolute Gasteiger partial charge is 0.381 e. The maximum Gasteiger partial charge on any atom is 0.264 e. The standard InChI is InChI=1S/C56H61F2N9O7/c1-33(68)63-20-12-47-45(32-63)52(61-67(47)36-13-23-74-24-14-36)65-19-2-3-35-25-40(41(51(57)58)27-49(35)65)44-31-64(46-11-18-59-29-43(44)46)30-38(69)6-4-34-10-15-56(28-34)16-21-62(22-17-56)37-5-7-39-42(26-37)55(73)66(54(39)72)48-8-9-50(70)60-53(48)71/h5,7,11,18,25-27,29,31,34,36,48,51H,2-4,6,8-10,12-17,19-24,28,30,32H2,1H3,(H,60,70,71). The van der Waals surface area contributed by atoms with Gasteiger partial charge in [0.1, 0.15) is 6.04 Å². The van der Waals surface area contributed by atoms with Crippen LogP contribution in [0, 0.1) is 11.3 Å². The van der Waals surface area contributed by atoms with Crippen molar-refractivity contribution in [3.05, 3.63) is 88.5 Å². The number of nitrogens with one attached hydrogen (secondary N) is 1. The van der Waals surface area contributed by atoms with Gasteiger partial charge in [-0.2, -0.15) is 5.10 Å². The molecule has 12 rings (SSSR count). The van der Waals surface area contributed by atoms with Crippen LogP contribution in [0.15, 0.2) is 55.0 Å². The van der Waals surface area contributed by atoms with E-state index in [1.54, 1.807) is 37.5 Å². The number of imide groups is 2. The van der Waals surface area contributed by atoms with E-state index in [9.17, 15) is 28.8 Å². The Kier molecular flexibility index (Phi) is 12.5. The number of anilines is 3. The second kappa shape index (κ2) is 19.1. The SMILES string of the molecule is CC(=O)N1CCc2c(c(N3CCCc4cc(-c5cn(CC(=O)CCC6CCC7(CCN(c8ccc9c(c8)C(=O)N(C8CCC(=O)NC8=O)C9=O)CC7)C6)c6ccncc56)c(C(F)F)cc43)nn2C2CCOCC2)C1. The van der Waals surface area contributed by atoms with E-state index in [1.165, 1.54) is 0 Å². The summed E-state index contributed by atoms with van der Waals surface area (Å²) in [6, 6.07) is 9.86. The summed E-state index contributed by atoms with van der Waals surface area (Å²) in [5.74, 6) is -0.836. The first-order valence-electron chi connectivity index (χ1n) is 26.5. The highest BCUT2D eigenvalue weighted by molar-refractivity contribution is 6.23. The molecule has 2 atom stereocenters. The molecule has 18 heteroatoms. The molecule has 0 bridgehead atoms. The number of rotatable bonds is 11. The molecule has 1 saturated carbocycles. The number of carbonyl (C=O) groups excluding carboxylic acids is 6. The van der Waals surface area contributed by atoms with Crippen LogP contribution in [-0.2, 0) is 49.8 Å². The van der Waals surface area contributed by atoms with Crippen LogP contribution < -0.4 is 15.1 Å². The van der Waals surface area contributed by atoms with Gasteiger partial charge >= 0.3 is 0 Å². The van der Waals surface area contributed by atoms with E-state index in [0.717, 1.165) is 110 Å². The molecule has 16 nitrogen and oxygen atoms in total. The van der Waals surface area contributed by atoms with Gasteiger partial charge in [0.15, 0.2) is 11.6 Å². The molecule has 6 aliphatic heterocycles. The van der Waals surface area contributed by atoms with Gasteiger partial charge in [0, 0.05) is 123 Å². The Morgan fingerprint density at radius 3 is 2.47 bits per heavy atom. The number of ether oxygens (including phenoxy) is 1. The molecular formula is C56H61F2N9O7. The Morgan fingerprint density at radius 1 is 0.878 bits per heavy atom. The van der Waals surface area contributed by atoms with E-state index < -0.39 is 36.1 Å². The maximum atomic E-state index is 15.5. The van der Waals surface area contributed by atoms with Gasteiger partial charge < -0.3 is 24.0 Å². The van der Waals surface area contributed by atoms with Gasteiger partial charge in [-0.3, -0.25) is 48.6 Å². The summed E-state index contributed by atoms with van der Waals surface area (Å²) in [5.41, 5.74) is 7.05. The van der Waals surface area contributed by atoms with Crippen molar-refractivity contribution in [1.29, 1.82) is 0 Å². The number of halogens is 2. The van der Waals surface area contributed by atoms with Crippen LogP contribution in [-0.4, -0.2) is 110 Å². The number of benzene rings is 2. The number of carbonyl (C=O) groups is 6. The first-order chi connectivity index (χ1) is 35.8. The molecule has 9 heterocycles. The number of fused-ring (bicyclic) bond motifs is 4. The van der Waals surface area contributed by atoms with E-state index >= 15 is 8.78 Å². The van der Waals surface area contributed by atoms with Crippen LogP contribution in [0.2, 0.25) is 0 Å². The Bertz CT molecular complexity index is 3130. The predicted molar refractivity (Wildman–Crippen MR) is 270 cm³/mol. The lowest BCUT2D eigenvalue weighted by Gasteiger charge is -2.41. The Morgan fingerprint density at radius 2 is 1.69 bits per heavy atom. The molecule has 2 aromatic carbocycles. The molecule has 386 valence electrons. The Labute approximate surface area is 427 Å². The van der Waals surface area contributed by atoms with Gasteiger partial charge in [0.25, 0.3) is 18.2 Å². The van der Waals surface area contributed by atoms with E-state index in [-0.39, 0.29) is 59.2 Å². The van der Waals surface area contributed by atoms with Gasteiger partial charge in [-0.15, -0.1) is 0 Å². The lowest BCUT2D eigenvalue weighted by Crippen LogP contribution is -2.54. The smallest absolute Gasteiger partial charge is 0.264 e. The van der Waals surface area contributed by atoms with Crippen LogP contribution in [0.3, 0.4) is 0 Å². The average molecular weight is 1010 g/mol. The fourth-order valence-electron chi connectivity index (χ4n) is 13.5. The summed E-state index contributed by atoms with van der Waals surface area (Å²) in [5, 5.41) is 8.20. The highest BCUT2D eigenvalue weighted by Crippen LogP contribution is 2.51. The molecule has 7 aliphatic rings. The number of aromatic nitrogens is 4. The third-order valence-electron chi connectivity index (χ3n) is 17.5. The lowest BCUT2D eigenvalue weighted by atomic mass is 9.76. The van der Waals surface area contributed by atoms with Crippen molar-refractivity contribution < 1.29 is 42.3 Å². The zero-order chi connectivity index (χ0) is 51.0. The number of nitrogens with zero attached hydrogens (tertiary/aromatic N) is 8. The molecule has 5 aromatic rings. The number of piperidine rings is 2. The predicted octanol–water partition coefficient (Wildman–Crippen LogP) is 8.02. The number of alkyl halides is 2. The summed E-state index contributed by atoms with van der Waals surface area (Å²) in [4.78, 5) is 89.2. The molecule has 0 radical (unpaired) electrons. The van der Waals surface area contributed by atoms with Gasteiger partial charge in [-0.05, 0) is 129 Å². The third-order valence-corrected chi connectivity index (χ3v) is 17.5. The molecule has 1 aliphatic carbocycles. The lowest BCUT2D eigenvalue weighted by molar-refractivity contribution is -0.136. The minimum absolute atomic E-state index is 0.00272. The van der Waals surface area contributed by atoms with Crippen LogP contribution >= 0.6 is 0 Å². The fourth-order valence-corrected chi connectivity index (χ4v) is 13.5. The molecule has 3 saturated heterocycles.